The molecule has 1 N–H and O–H groups in total. The monoisotopic (exact) mass is 272 g/mol. The van der Waals surface area contributed by atoms with Crippen molar-refractivity contribution in [2.24, 2.45) is 0 Å². The fourth-order valence-corrected chi connectivity index (χ4v) is 1.58. The molecular weight excluding hydrogens is 264 g/mol. The van der Waals surface area contributed by atoms with Gasteiger partial charge in [0.15, 0.2) is 0 Å². The van der Waals surface area contributed by atoms with Crippen molar-refractivity contribution in [2.75, 3.05) is 5.32 Å². The zero-order valence-corrected chi connectivity index (χ0v) is 9.79. The van der Waals surface area contributed by atoms with Crippen LogP contribution in [-0.4, -0.2) is 10.8 Å². The van der Waals surface area contributed by atoms with Gasteiger partial charge in [-0.05, 0) is 28.9 Å². The van der Waals surface area contributed by atoms with Crippen molar-refractivity contribution in [3.63, 3.8) is 0 Å². The van der Waals surface area contributed by atoms with E-state index in [1.54, 1.807) is 13.0 Å². The summed E-state index contributed by atoms with van der Waals surface area (Å²) in [5, 5.41) is 13.2. The number of nitrogens with zero attached hydrogens (tertiary/aromatic N) is 1. The number of hydrogen-bond acceptors (Lipinski definition) is 3. The van der Waals surface area contributed by atoms with Gasteiger partial charge in [0.1, 0.15) is 0 Å². The van der Waals surface area contributed by atoms with Gasteiger partial charge in [-0.2, -0.15) is 0 Å². The number of halogens is 1. The maximum atomic E-state index is 10.8. The van der Waals surface area contributed by atoms with Crippen molar-refractivity contribution < 1.29 is 9.72 Å². The van der Waals surface area contributed by atoms with Crippen molar-refractivity contribution in [1.82, 2.24) is 0 Å². The van der Waals surface area contributed by atoms with E-state index in [0.717, 1.165) is 0 Å². The maximum Gasteiger partial charge on any atom is 0.273 e. The fourth-order valence-electron chi connectivity index (χ4n) is 1.15. The molecule has 0 unspecified atom stereocenters. The third kappa shape index (κ3) is 2.76. The van der Waals surface area contributed by atoms with E-state index >= 15 is 0 Å². The van der Waals surface area contributed by atoms with Gasteiger partial charge in [-0.1, -0.05) is 0 Å². The summed E-state index contributed by atoms with van der Waals surface area (Å²) in [6.45, 7) is 3.00. The lowest BCUT2D eigenvalue weighted by Crippen LogP contribution is -2.07. The van der Waals surface area contributed by atoms with E-state index in [0.29, 0.717) is 15.7 Å². The summed E-state index contributed by atoms with van der Waals surface area (Å²) in [4.78, 5) is 21.0. The summed E-state index contributed by atoms with van der Waals surface area (Å²) in [6.07, 6.45) is 0. The highest BCUT2D eigenvalue weighted by Gasteiger charge is 2.14. The molecule has 0 aliphatic rings. The Bertz CT molecular complexity index is 432. The molecule has 5 nitrogen and oxygen atoms in total. The topological polar surface area (TPSA) is 72.2 Å². The third-order valence-corrected chi connectivity index (χ3v) is 2.45. The fraction of sp³-hybridized carbons (Fsp3) is 0.222. The molecule has 0 atom stereocenters. The van der Waals surface area contributed by atoms with Gasteiger partial charge in [-0.15, -0.1) is 0 Å². The average Bonchev–Trinajstić information content (AvgIpc) is 2.09. The Balaban J connectivity index is 3.19. The molecule has 1 amide bonds. The highest BCUT2D eigenvalue weighted by Crippen LogP contribution is 2.30. The molecule has 6 heteroatoms. The lowest BCUT2D eigenvalue weighted by Gasteiger charge is -2.06. The molecule has 1 aromatic rings. The zero-order valence-electron chi connectivity index (χ0n) is 8.20. The van der Waals surface area contributed by atoms with E-state index in [9.17, 15) is 14.9 Å². The van der Waals surface area contributed by atoms with Crippen LogP contribution in [0.4, 0.5) is 11.4 Å². The van der Waals surface area contributed by atoms with Crippen molar-refractivity contribution >= 4 is 33.2 Å². The minimum atomic E-state index is -0.461. The van der Waals surface area contributed by atoms with E-state index in [-0.39, 0.29) is 11.6 Å². The number of benzene rings is 1. The van der Waals surface area contributed by atoms with Crippen LogP contribution < -0.4 is 5.32 Å². The first kappa shape index (κ1) is 11.6. The maximum absolute atomic E-state index is 10.8. The minimum Gasteiger partial charge on any atom is -0.325 e. The van der Waals surface area contributed by atoms with Gasteiger partial charge in [0, 0.05) is 23.0 Å². The number of carbonyl (C=O) groups is 1. The van der Waals surface area contributed by atoms with E-state index in [1.807, 2.05) is 0 Å². The van der Waals surface area contributed by atoms with Gasteiger partial charge < -0.3 is 5.32 Å². The number of hydrogen-bond donors (Lipinski definition) is 1. The third-order valence-electron chi connectivity index (χ3n) is 1.79. The molecule has 0 aliphatic carbocycles. The summed E-state index contributed by atoms with van der Waals surface area (Å²) in [7, 11) is 0. The summed E-state index contributed by atoms with van der Waals surface area (Å²) >= 11 is 3.16. The number of carbonyl (C=O) groups excluding carboxylic acids is 1. The van der Waals surface area contributed by atoms with Crippen LogP contribution in [-0.2, 0) is 4.79 Å². The van der Waals surface area contributed by atoms with Crippen LogP contribution in [0, 0.1) is 17.0 Å². The molecule has 0 saturated carbocycles. The van der Waals surface area contributed by atoms with E-state index in [2.05, 4.69) is 21.2 Å². The second-order valence-corrected chi connectivity index (χ2v) is 3.91. The predicted octanol–water partition coefficient (Wildman–Crippen LogP) is 2.62. The van der Waals surface area contributed by atoms with Gasteiger partial charge >= 0.3 is 0 Å². The van der Waals surface area contributed by atoms with Crippen molar-refractivity contribution in [3.8, 4) is 0 Å². The molecular formula is C9H9BrN2O3. The first-order valence-electron chi connectivity index (χ1n) is 4.14. The molecule has 0 radical (unpaired) electrons. The van der Waals surface area contributed by atoms with Gasteiger partial charge in [0.2, 0.25) is 5.91 Å². The van der Waals surface area contributed by atoms with Crippen LogP contribution in [0.15, 0.2) is 16.6 Å². The first-order valence-corrected chi connectivity index (χ1v) is 4.93. The van der Waals surface area contributed by atoms with Gasteiger partial charge in [0.25, 0.3) is 5.69 Å². The largest absolute Gasteiger partial charge is 0.325 e. The molecule has 0 bridgehead atoms. The molecule has 15 heavy (non-hydrogen) atoms. The second-order valence-electron chi connectivity index (χ2n) is 3.06. The van der Waals surface area contributed by atoms with E-state index in [1.165, 1.54) is 13.0 Å². The van der Waals surface area contributed by atoms with Gasteiger partial charge in [0.05, 0.1) is 10.6 Å². The number of rotatable bonds is 2. The van der Waals surface area contributed by atoms with E-state index < -0.39 is 4.92 Å². The quantitative estimate of drug-likeness (QED) is 0.665. The molecule has 0 saturated heterocycles. The van der Waals surface area contributed by atoms with Crippen LogP contribution in [0.5, 0.6) is 0 Å². The Morgan fingerprint density at radius 1 is 1.53 bits per heavy atom. The van der Waals surface area contributed by atoms with Gasteiger partial charge in [-0.25, -0.2) is 0 Å². The smallest absolute Gasteiger partial charge is 0.273 e. The highest BCUT2D eigenvalue weighted by atomic mass is 79.9. The SMILES string of the molecule is CC(=O)Nc1cc(C)c([N+](=O)[O-])cc1Br. The van der Waals surface area contributed by atoms with Crippen LogP contribution in [0.25, 0.3) is 0 Å². The molecule has 0 heterocycles. The number of anilines is 1. The van der Waals surface area contributed by atoms with Crippen LogP contribution in [0.3, 0.4) is 0 Å². The average molecular weight is 273 g/mol. The predicted molar refractivity (Wildman–Crippen MR) is 59.8 cm³/mol. The summed E-state index contributed by atoms with van der Waals surface area (Å²) < 4.78 is 0.495. The van der Waals surface area contributed by atoms with E-state index in [4.69, 9.17) is 0 Å². The summed E-state index contributed by atoms with van der Waals surface area (Å²) in [6, 6.07) is 2.93. The number of aryl methyl sites for hydroxylation is 1. The van der Waals surface area contributed by atoms with Crippen molar-refractivity contribution in [2.45, 2.75) is 13.8 Å². The first-order chi connectivity index (χ1) is 6.91. The number of nitro benzene ring substituents is 1. The number of nitrogens with one attached hydrogen (secondary N) is 1. The molecule has 0 fully saturated rings. The Labute approximate surface area is 94.8 Å². The van der Waals surface area contributed by atoms with Crippen LogP contribution in [0.1, 0.15) is 12.5 Å². The lowest BCUT2D eigenvalue weighted by molar-refractivity contribution is -0.385. The highest BCUT2D eigenvalue weighted by molar-refractivity contribution is 9.10. The lowest BCUT2D eigenvalue weighted by atomic mass is 10.2. The molecule has 1 rings (SSSR count). The molecule has 0 spiro atoms. The molecule has 0 aliphatic heterocycles. The summed E-state index contributed by atoms with van der Waals surface area (Å²) in [5.74, 6) is -0.219. The zero-order chi connectivity index (χ0) is 11.6. The Morgan fingerprint density at radius 3 is 2.60 bits per heavy atom. The Kier molecular flexibility index (Phi) is 3.41. The van der Waals surface area contributed by atoms with Gasteiger partial charge in [-0.3, -0.25) is 14.9 Å². The normalized spacial score (nSPS) is 9.80. The minimum absolute atomic E-state index is 0.0241. The van der Waals surface area contributed by atoms with Crippen molar-refractivity contribution in [3.05, 3.63) is 32.3 Å². The Morgan fingerprint density at radius 2 is 2.13 bits per heavy atom. The second kappa shape index (κ2) is 4.39. The van der Waals surface area contributed by atoms with Crippen LogP contribution in [0.2, 0.25) is 0 Å². The van der Waals surface area contributed by atoms with Crippen LogP contribution >= 0.6 is 15.9 Å². The summed E-state index contributed by atoms with van der Waals surface area (Å²) in [5.41, 5.74) is 1.06. The molecule has 1 aromatic carbocycles. The molecule has 80 valence electrons. The number of nitro groups is 1. The van der Waals surface area contributed by atoms with Crippen molar-refractivity contribution in [1.29, 1.82) is 0 Å². The number of amides is 1. The Hall–Kier alpha value is -1.43. The molecule has 0 aromatic heterocycles. The standard InChI is InChI=1S/C9H9BrN2O3/c1-5-3-8(11-6(2)13)7(10)4-9(5)12(14)15/h3-4H,1-2H3,(H,11,13).